The van der Waals surface area contributed by atoms with Crippen LogP contribution in [0.25, 0.3) is 0 Å². The van der Waals surface area contributed by atoms with Gasteiger partial charge in [0.2, 0.25) is 0 Å². The Hall–Kier alpha value is -0.830. The summed E-state index contributed by atoms with van der Waals surface area (Å²) in [5.74, 6) is -0.914. The van der Waals surface area contributed by atoms with E-state index < -0.39 is 5.97 Å². The van der Waals surface area contributed by atoms with E-state index in [-0.39, 0.29) is 12.0 Å². The van der Waals surface area contributed by atoms with Gasteiger partial charge < -0.3 is 15.6 Å². The average Bonchev–Trinajstić information content (AvgIpc) is 2.49. The molecule has 0 fully saturated rings. The first kappa shape index (κ1) is 26.4. The van der Waals surface area contributed by atoms with E-state index in [1.54, 1.807) is 0 Å². The van der Waals surface area contributed by atoms with Crippen LogP contribution in [-0.4, -0.2) is 11.5 Å². The molecular weight excluding hydrogens is 310 g/mol. The average molecular weight is 356 g/mol. The van der Waals surface area contributed by atoms with E-state index in [1.807, 2.05) is 0 Å². The van der Waals surface area contributed by atoms with Crippen molar-refractivity contribution in [3.8, 4) is 0 Å². The van der Waals surface area contributed by atoms with E-state index >= 15 is 0 Å². The molecule has 3 heteroatoms. The molecule has 0 amide bonds. The van der Waals surface area contributed by atoms with Gasteiger partial charge in [0.15, 0.2) is 0 Å². The predicted octanol–water partition coefficient (Wildman–Crippen LogP) is 4.80. The van der Waals surface area contributed by atoms with Crippen molar-refractivity contribution < 1.29 is 15.6 Å². The summed E-state index contributed by atoms with van der Waals surface area (Å²) in [6.45, 7) is 8.49. The molecule has 150 valence electrons. The van der Waals surface area contributed by atoms with Crippen LogP contribution in [0.5, 0.6) is 0 Å². The van der Waals surface area contributed by atoms with Gasteiger partial charge in [0.1, 0.15) is 0 Å². The summed E-state index contributed by atoms with van der Waals surface area (Å²) in [5.41, 5.74) is 4.02. The van der Waals surface area contributed by atoms with Crippen molar-refractivity contribution in [3.05, 3.63) is 12.2 Å². The molecule has 0 aliphatic carbocycles. The fraction of sp³-hybridized carbons (Fsp3) is 0.864. The molecular formula is C22H45NO2. The molecule has 0 unspecified atom stereocenters. The van der Waals surface area contributed by atoms with Gasteiger partial charge in [-0.25, -0.2) is 0 Å². The molecule has 3 N–H and O–H groups in total. The fourth-order valence-corrected chi connectivity index (χ4v) is 2.34. The van der Waals surface area contributed by atoms with Crippen molar-refractivity contribution >= 4 is 5.97 Å². The molecule has 0 saturated heterocycles. The van der Waals surface area contributed by atoms with Gasteiger partial charge in [0, 0.05) is 5.97 Å². The summed E-state index contributed by atoms with van der Waals surface area (Å²) in [5, 5.41) is 10.2. The van der Waals surface area contributed by atoms with Gasteiger partial charge in [0.05, 0.1) is 5.54 Å². The number of carbonyl (C=O) groups is 1. The van der Waals surface area contributed by atoms with Gasteiger partial charge in [-0.3, -0.25) is 0 Å². The van der Waals surface area contributed by atoms with E-state index in [2.05, 4.69) is 45.6 Å². The lowest BCUT2D eigenvalue weighted by atomic mass is 10.1. The van der Waals surface area contributed by atoms with E-state index in [4.69, 9.17) is 0 Å². The summed E-state index contributed by atoms with van der Waals surface area (Å²) < 4.78 is 0. The van der Waals surface area contributed by atoms with Crippen molar-refractivity contribution in [2.75, 3.05) is 0 Å². The van der Waals surface area contributed by atoms with Crippen LogP contribution in [0.3, 0.4) is 0 Å². The van der Waals surface area contributed by atoms with Crippen LogP contribution in [0.15, 0.2) is 12.2 Å². The Labute approximate surface area is 157 Å². The molecule has 0 heterocycles. The van der Waals surface area contributed by atoms with E-state index in [0.717, 1.165) is 19.3 Å². The van der Waals surface area contributed by atoms with Crippen molar-refractivity contribution in [3.63, 3.8) is 0 Å². The number of aliphatic carboxylic acids is 1. The highest BCUT2D eigenvalue weighted by atomic mass is 16.4. The molecule has 3 nitrogen and oxygen atoms in total. The normalized spacial score (nSPS) is 11.4. The second kappa shape index (κ2) is 19.5. The summed E-state index contributed by atoms with van der Waals surface area (Å²) in [7, 11) is 0. The zero-order chi connectivity index (χ0) is 19.4. The molecule has 0 aromatic carbocycles. The number of rotatable bonds is 15. The summed E-state index contributed by atoms with van der Waals surface area (Å²) in [6, 6.07) is 0. The second-order valence-corrected chi connectivity index (χ2v) is 8.27. The molecule has 0 atom stereocenters. The summed E-state index contributed by atoms with van der Waals surface area (Å²) in [4.78, 5) is 10.2. The number of hydrogen-bond donors (Lipinski definition) is 1. The Morgan fingerprint density at radius 1 is 0.800 bits per heavy atom. The first-order chi connectivity index (χ1) is 11.8. The summed E-state index contributed by atoms with van der Waals surface area (Å²) >= 11 is 0. The van der Waals surface area contributed by atoms with E-state index in [0.29, 0.717) is 0 Å². The van der Waals surface area contributed by atoms with E-state index in [1.165, 1.54) is 64.2 Å². The van der Waals surface area contributed by atoms with Crippen molar-refractivity contribution in [2.24, 2.45) is 0 Å². The first-order valence-electron chi connectivity index (χ1n) is 10.5. The largest absolute Gasteiger partial charge is 0.550 e. The van der Waals surface area contributed by atoms with Crippen LogP contribution in [0.1, 0.15) is 118 Å². The van der Waals surface area contributed by atoms with Gasteiger partial charge in [-0.2, -0.15) is 0 Å². The third-order valence-electron chi connectivity index (χ3n) is 3.64. The monoisotopic (exact) mass is 355 g/mol. The van der Waals surface area contributed by atoms with Crippen LogP contribution in [0, 0.1) is 0 Å². The van der Waals surface area contributed by atoms with Gasteiger partial charge in [-0.15, -0.1) is 0 Å². The summed E-state index contributed by atoms with van der Waals surface area (Å²) in [6.07, 6.45) is 20.9. The lowest BCUT2D eigenvalue weighted by molar-refractivity contribution is -0.458. The van der Waals surface area contributed by atoms with Crippen LogP contribution >= 0.6 is 0 Å². The Morgan fingerprint density at radius 2 is 1.16 bits per heavy atom. The Balaban J connectivity index is 0. The zero-order valence-electron chi connectivity index (χ0n) is 17.6. The highest BCUT2D eigenvalue weighted by Crippen LogP contribution is 2.09. The van der Waals surface area contributed by atoms with Gasteiger partial charge in [0.25, 0.3) is 0 Å². The van der Waals surface area contributed by atoms with E-state index in [9.17, 15) is 9.90 Å². The fourth-order valence-electron chi connectivity index (χ4n) is 2.34. The third kappa shape index (κ3) is 39.7. The maximum absolute atomic E-state index is 10.2. The molecule has 0 bridgehead atoms. The van der Waals surface area contributed by atoms with Crippen molar-refractivity contribution in [2.45, 2.75) is 123 Å². The topological polar surface area (TPSA) is 67.8 Å². The SMILES string of the molecule is CC(C)(C)[NH3+].CCCCCCCC/C=C\CCCCCCCC(=O)[O-]. The highest BCUT2D eigenvalue weighted by Gasteiger charge is 2.00. The van der Waals surface area contributed by atoms with Gasteiger partial charge in [-0.05, 0) is 59.3 Å². The minimum Gasteiger partial charge on any atom is -0.550 e. The third-order valence-corrected chi connectivity index (χ3v) is 3.64. The van der Waals surface area contributed by atoms with Crippen molar-refractivity contribution in [1.29, 1.82) is 0 Å². The molecule has 0 aromatic heterocycles. The zero-order valence-corrected chi connectivity index (χ0v) is 17.6. The van der Waals surface area contributed by atoms with Crippen LogP contribution < -0.4 is 10.8 Å². The maximum atomic E-state index is 10.2. The number of hydrogen-bond acceptors (Lipinski definition) is 2. The second-order valence-electron chi connectivity index (χ2n) is 8.27. The van der Waals surface area contributed by atoms with Crippen LogP contribution in [-0.2, 0) is 4.79 Å². The van der Waals surface area contributed by atoms with Crippen molar-refractivity contribution in [1.82, 2.24) is 0 Å². The standard InChI is InChI=1S/C18H34O2.C4H11N/c1-2-3-4-5-6-7-8-9-10-11-12-13-14-15-16-17-18(19)20;1-4(2,3)5/h9-10H,2-8,11-17H2,1H3,(H,19,20);5H2,1-3H3/b10-9-;. The molecule has 0 aromatic rings. The van der Waals surface area contributed by atoms with Gasteiger partial charge in [-0.1, -0.05) is 70.4 Å². The predicted molar refractivity (Wildman–Crippen MR) is 107 cm³/mol. The maximum Gasteiger partial charge on any atom is 0.0860 e. The molecule has 0 radical (unpaired) electrons. The van der Waals surface area contributed by atoms with Gasteiger partial charge >= 0.3 is 0 Å². The number of allylic oxidation sites excluding steroid dienone is 2. The smallest absolute Gasteiger partial charge is 0.0860 e. The molecule has 0 spiro atoms. The Kier molecular flexibility index (Phi) is 20.6. The lowest BCUT2D eigenvalue weighted by Gasteiger charge is -2.01. The first-order valence-corrected chi connectivity index (χ1v) is 10.5. The lowest BCUT2D eigenvalue weighted by Crippen LogP contribution is -2.67. The minimum absolute atomic E-state index is 0.220. The van der Waals surface area contributed by atoms with Crippen LogP contribution in [0.2, 0.25) is 0 Å². The Morgan fingerprint density at radius 3 is 1.56 bits per heavy atom. The minimum atomic E-state index is -0.914. The number of carbonyl (C=O) groups excluding carboxylic acids is 1. The number of carboxylic acid groups (broad SMARTS) is 1. The quantitative estimate of drug-likeness (QED) is 0.338. The molecule has 0 saturated carbocycles. The molecule has 0 rings (SSSR count). The van der Waals surface area contributed by atoms with Crippen LogP contribution in [0.4, 0.5) is 0 Å². The number of quaternary nitrogens is 1. The number of unbranched alkanes of at least 4 members (excludes halogenated alkanes) is 11. The molecule has 0 aliphatic heterocycles. The molecule has 0 aliphatic rings. The highest BCUT2D eigenvalue weighted by molar-refractivity contribution is 5.63. The Bertz CT molecular complexity index is 300. The molecule has 25 heavy (non-hydrogen) atoms. The number of carboxylic acids is 1.